The van der Waals surface area contributed by atoms with Gasteiger partial charge in [0, 0.05) is 18.7 Å². The minimum Gasteiger partial charge on any atom is -0.267 e. The maximum atomic E-state index is 13.5. The fourth-order valence-electron chi connectivity index (χ4n) is 2.73. The normalized spacial score (nSPS) is 15.3. The summed E-state index contributed by atoms with van der Waals surface area (Å²) in [6.07, 6.45) is 2.47. The fraction of sp³-hybridized carbons (Fsp3) is 0.222. The third-order valence-electron chi connectivity index (χ3n) is 4.16. The molecule has 1 amide bonds. The highest BCUT2D eigenvalue weighted by atomic mass is 32.2. The number of benzene rings is 2. The van der Waals surface area contributed by atoms with E-state index in [4.69, 9.17) is 0 Å². The molecule has 0 radical (unpaired) electrons. The molecule has 1 saturated heterocycles. The van der Waals surface area contributed by atoms with E-state index in [0.717, 1.165) is 31.2 Å². The average Bonchev–Trinajstić information content (AvgIpc) is 3.20. The molecule has 2 aromatic carbocycles. The van der Waals surface area contributed by atoms with Crippen molar-refractivity contribution in [3.63, 3.8) is 0 Å². The third-order valence-corrected chi connectivity index (χ3v) is 6.05. The van der Waals surface area contributed by atoms with Gasteiger partial charge in [0.05, 0.1) is 16.7 Å². The molecule has 0 atom stereocenters. The number of carbonyl (C=O) groups excluding carboxylic acids is 1. The van der Waals surface area contributed by atoms with Crippen LogP contribution in [0.25, 0.3) is 0 Å². The monoisotopic (exact) mass is 393 g/mol. The van der Waals surface area contributed by atoms with Crippen molar-refractivity contribution < 1.29 is 22.0 Å². The lowest BCUT2D eigenvalue weighted by molar-refractivity contribution is 0.0955. The van der Waals surface area contributed by atoms with Crippen molar-refractivity contribution in [1.29, 1.82) is 0 Å². The molecular formula is C18H17F2N3O3S. The predicted octanol–water partition coefficient (Wildman–Crippen LogP) is 2.51. The molecule has 1 aliphatic heterocycles. The second-order valence-corrected chi connectivity index (χ2v) is 7.91. The molecule has 1 heterocycles. The highest BCUT2D eigenvalue weighted by molar-refractivity contribution is 7.89. The van der Waals surface area contributed by atoms with Crippen LogP contribution >= 0.6 is 0 Å². The Morgan fingerprint density at radius 2 is 1.70 bits per heavy atom. The van der Waals surface area contributed by atoms with Gasteiger partial charge in [-0.15, -0.1) is 0 Å². The minimum absolute atomic E-state index is 0.0150. The molecule has 27 heavy (non-hydrogen) atoms. The molecular weight excluding hydrogens is 376 g/mol. The number of nitrogens with one attached hydrogen (secondary N) is 1. The predicted molar refractivity (Wildman–Crippen MR) is 95.9 cm³/mol. The first-order valence-corrected chi connectivity index (χ1v) is 9.71. The van der Waals surface area contributed by atoms with Crippen LogP contribution in [0.4, 0.5) is 8.78 Å². The van der Waals surface area contributed by atoms with Crippen LogP contribution in [0, 0.1) is 11.6 Å². The van der Waals surface area contributed by atoms with E-state index >= 15 is 0 Å². The molecule has 1 aliphatic rings. The number of hydrogen-bond acceptors (Lipinski definition) is 4. The molecule has 0 bridgehead atoms. The van der Waals surface area contributed by atoms with Gasteiger partial charge in [-0.05, 0) is 43.2 Å². The lowest BCUT2D eigenvalue weighted by atomic mass is 10.2. The van der Waals surface area contributed by atoms with Crippen LogP contribution < -0.4 is 5.43 Å². The largest absolute Gasteiger partial charge is 0.271 e. The number of carbonyl (C=O) groups is 1. The SMILES string of the molecule is O=C(N/N=C/c1c(F)cccc1F)c1cccc(S(=O)(=O)N2CCCC2)c1. The van der Waals surface area contributed by atoms with Crippen LogP contribution in [0.15, 0.2) is 52.5 Å². The molecule has 6 nitrogen and oxygen atoms in total. The average molecular weight is 393 g/mol. The second-order valence-electron chi connectivity index (χ2n) is 5.97. The van der Waals surface area contributed by atoms with Crippen molar-refractivity contribution in [3.05, 3.63) is 65.2 Å². The van der Waals surface area contributed by atoms with Crippen molar-refractivity contribution in [3.8, 4) is 0 Å². The number of hydrazone groups is 1. The summed E-state index contributed by atoms with van der Waals surface area (Å²) < 4.78 is 53.5. The van der Waals surface area contributed by atoms with Crippen LogP contribution in [0.3, 0.4) is 0 Å². The van der Waals surface area contributed by atoms with Gasteiger partial charge in [0.25, 0.3) is 5.91 Å². The number of sulfonamides is 1. The summed E-state index contributed by atoms with van der Waals surface area (Å²) in [6, 6.07) is 8.91. The second kappa shape index (κ2) is 7.93. The van der Waals surface area contributed by atoms with Crippen molar-refractivity contribution in [2.24, 2.45) is 5.10 Å². The van der Waals surface area contributed by atoms with Crippen LogP contribution in [-0.4, -0.2) is 37.9 Å². The van der Waals surface area contributed by atoms with Gasteiger partial charge >= 0.3 is 0 Å². The van der Waals surface area contributed by atoms with E-state index in [9.17, 15) is 22.0 Å². The Kier molecular flexibility index (Phi) is 5.62. The van der Waals surface area contributed by atoms with Gasteiger partial charge < -0.3 is 0 Å². The number of hydrogen-bond donors (Lipinski definition) is 1. The Bertz CT molecular complexity index is 967. The van der Waals surface area contributed by atoms with E-state index in [0.29, 0.717) is 13.1 Å². The summed E-state index contributed by atoms with van der Waals surface area (Å²) in [6.45, 7) is 0.911. The Morgan fingerprint density at radius 3 is 2.37 bits per heavy atom. The summed E-state index contributed by atoms with van der Waals surface area (Å²) in [5.74, 6) is -2.32. The lowest BCUT2D eigenvalue weighted by Gasteiger charge is -2.15. The van der Waals surface area contributed by atoms with E-state index in [1.807, 2.05) is 0 Å². The standard InChI is InChI=1S/C18H17F2N3O3S/c19-16-7-4-8-17(20)15(16)12-21-22-18(24)13-5-3-6-14(11-13)27(25,26)23-9-1-2-10-23/h3-8,11-12H,1-2,9-10H2,(H,22,24)/b21-12+. The maximum absolute atomic E-state index is 13.5. The molecule has 0 aliphatic carbocycles. The lowest BCUT2D eigenvalue weighted by Crippen LogP contribution is -2.28. The van der Waals surface area contributed by atoms with Crippen LogP contribution in [0.2, 0.25) is 0 Å². The molecule has 9 heteroatoms. The summed E-state index contributed by atoms with van der Waals surface area (Å²) >= 11 is 0. The Balaban J connectivity index is 1.75. The van der Waals surface area contributed by atoms with Gasteiger partial charge in [0.1, 0.15) is 11.6 Å². The quantitative estimate of drug-likeness (QED) is 0.626. The number of halogens is 2. The smallest absolute Gasteiger partial charge is 0.267 e. The molecule has 1 fully saturated rings. The Labute approximate surface area is 155 Å². The van der Waals surface area contributed by atoms with Gasteiger partial charge in [0.2, 0.25) is 10.0 Å². The van der Waals surface area contributed by atoms with Crippen molar-refractivity contribution in [1.82, 2.24) is 9.73 Å². The Morgan fingerprint density at radius 1 is 1.07 bits per heavy atom. The minimum atomic E-state index is -3.65. The van der Waals surface area contributed by atoms with Crippen molar-refractivity contribution in [2.75, 3.05) is 13.1 Å². The number of amides is 1. The highest BCUT2D eigenvalue weighted by Gasteiger charge is 2.27. The summed E-state index contributed by atoms with van der Waals surface area (Å²) in [7, 11) is -3.65. The topological polar surface area (TPSA) is 78.8 Å². The molecule has 0 saturated carbocycles. The van der Waals surface area contributed by atoms with Crippen molar-refractivity contribution in [2.45, 2.75) is 17.7 Å². The van der Waals surface area contributed by atoms with Crippen LogP contribution in [0.1, 0.15) is 28.8 Å². The summed E-state index contributed by atoms with van der Waals surface area (Å²) in [4.78, 5) is 12.2. The highest BCUT2D eigenvalue weighted by Crippen LogP contribution is 2.21. The first-order chi connectivity index (χ1) is 12.9. The first kappa shape index (κ1) is 19.1. The van der Waals surface area contributed by atoms with E-state index in [-0.39, 0.29) is 16.0 Å². The van der Waals surface area contributed by atoms with Crippen LogP contribution in [0.5, 0.6) is 0 Å². The van der Waals surface area contributed by atoms with Gasteiger partial charge in [0.15, 0.2) is 0 Å². The summed E-state index contributed by atoms with van der Waals surface area (Å²) in [5.41, 5.74) is 1.82. The zero-order valence-electron chi connectivity index (χ0n) is 14.2. The molecule has 142 valence electrons. The van der Waals surface area contributed by atoms with Gasteiger partial charge in [-0.2, -0.15) is 9.41 Å². The molecule has 0 spiro atoms. The van der Waals surface area contributed by atoms with E-state index in [2.05, 4.69) is 10.5 Å². The van der Waals surface area contributed by atoms with E-state index in [1.54, 1.807) is 0 Å². The van der Waals surface area contributed by atoms with Gasteiger partial charge in [-0.3, -0.25) is 4.79 Å². The zero-order chi connectivity index (χ0) is 19.4. The van der Waals surface area contributed by atoms with Gasteiger partial charge in [-0.1, -0.05) is 12.1 Å². The molecule has 3 rings (SSSR count). The molecule has 0 aromatic heterocycles. The summed E-state index contributed by atoms with van der Waals surface area (Å²) in [5, 5.41) is 3.54. The van der Waals surface area contributed by atoms with Gasteiger partial charge in [-0.25, -0.2) is 22.6 Å². The maximum Gasteiger partial charge on any atom is 0.271 e. The molecule has 0 unspecified atom stereocenters. The zero-order valence-corrected chi connectivity index (χ0v) is 15.0. The van der Waals surface area contributed by atoms with Crippen molar-refractivity contribution >= 4 is 22.1 Å². The molecule has 1 N–H and O–H groups in total. The van der Waals surface area contributed by atoms with Crippen LogP contribution in [-0.2, 0) is 10.0 Å². The fourth-order valence-corrected chi connectivity index (χ4v) is 4.29. The number of nitrogens with zero attached hydrogens (tertiary/aromatic N) is 2. The first-order valence-electron chi connectivity index (χ1n) is 8.27. The van der Waals surface area contributed by atoms with E-state index in [1.165, 1.54) is 34.6 Å². The number of rotatable bonds is 5. The van der Waals surface area contributed by atoms with E-state index < -0.39 is 27.6 Å². The molecule has 2 aromatic rings. The Hall–Kier alpha value is -2.65. The third kappa shape index (κ3) is 4.20.